The summed E-state index contributed by atoms with van der Waals surface area (Å²) in [4.78, 5) is 11.5. The third kappa shape index (κ3) is 4.72. The van der Waals surface area contributed by atoms with E-state index in [1.54, 1.807) is 24.3 Å². The molecule has 0 bridgehead atoms. The Kier molecular flexibility index (Phi) is 5.21. The molecule has 22 heavy (non-hydrogen) atoms. The lowest BCUT2D eigenvalue weighted by Gasteiger charge is -2.04. The number of nitriles is 1. The predicted molar refractivity (Wildman–Crippen MR) is 78.8 cm³/mol. The monoisotopic (exact) mass is 297 g/mol. The van der Waals surface area contributed by atoms with Crippen LogP contribution in [0, 0.1) is 17.1 Å². The molecule has 0 saturated carbocycles. The first-order valence-corrected chi connectivity index (χ1v) is 6.38. The summed E-state index contributed by atoms with van der Waals surface area (Å²) in [6, 6.07) is 14.1. The van der Waals surface area contributed by atoms with E-state index in [2.05, 4.69) is 10.5 Å². The van der Waals surface area contributed by atoms with Gasteiger partial charge in [0.2, 0.25) is 0 Å². The van der Waals surface area contributed by atoms with Gasteiger partial charge in [-0.25, -0.2) is 9.82 Å². The fraction of sp³-hybridized carbons (Fsp3) is 0.0625. The Balaban J connectivity index is 1.78. The highest BCUT2D eigenvalue weighted by Gasteiger charge is 2.01. The van der Waals surface area contributed by atoms with Gasteiger partial charge in [0.05, 0.1) is 17.8 Å². The number of nitrogens with zero attached hydrogens (tertiary/aromatic N) is 2. The Hall–Kier alpha value is -3.20. The third-order valence-corrected chi connectivity index (χ3v) is 2.63. The number of amides is 1. The second-order valence-corrected chi connectivity index (χ2v) is 4.27. The zero-order chi connectivity index (χ0) is 15.8. The zero-order valence-corrected chi connectivity index (χ0v) is 11.5. The Morgan fingerprint density at radius 2 is 1.91 bits per heavy atom. The molecule has 5 nitrogen and oxygen atoms in total. The van der Waals surface area contributed by atoms with E-state index in [-0.39, 0.29) is 12.4 Å². The number of halogens is 1. The number of ether oxygens (including phenoxy) is 1. The summed E-state index contributed by atoms with van der Waals surface area (Å²) >= 11 is 0. The number of nitrogens with one attached hydrogen (secondary N) is 1. The van der Waals surface area contributed by atoms with Crippen molar-refractivity contribution >= 4 is 12.1 Å². The summed E-state index contributed by atoms with van der Waals surface area (Å²) < 4.78 is 17.9. The van der Waals surface area contributed by atoms with Gasteiger partial charge < -0.3 is 4.74 Å². The molecule has 6 heteroatoms. The summed E-state index contributed by atoms with van der Waals surface area (Å²) in [6.07, 6.45) is 1.46. The predicted octanol–water partition coefficient (Wildman–Crippen LogP) is 2.23. The molecule has 1 N–H and O–H groups in total. The quantitative estimate of drug-likeness (QED) is 0.679. The van der Waals surface area contributed by atoms with Crippen molar-refractivity contribution in [2.24, 2.45) is 5.10 Å². The molecule has 0 fully saturated rings. The minimum absolute atomic E-state index is 0.226. The summed E-state index contributed by atoms with van der Waals surface area (Å²) in [5.74, 6) is -0.411. The minimum Gasteiger partial charge on any atom is -0.484 e. The van der Waals surface area contributed by atoms with Gasteiger partial charge in [0.1, 0.15) is 11.6 Å². The second kappa shape index (κ2) is 7.55. The molecule has 0 unspecified atom stereocenters. The van der Waals surface area contributed by atoms with Crippen LogP contribution in [0.3, 0.4) is 0 Å². The molecule has 0 saturated heterocycles. The van der Waals surface area contributed by atoms with Crippen LogP contribution in [-0.2, 0) is 4.79 Å². The molecule has 0 radical (unpaired) electrons. The van der Waals surface area contributed by atoms with Crippen molar-refractivity contribution in [1.29, 1.82) is 5.26 Å². The van der Waals surface area contributed by atoms with E-state index in [0.29, 0.717) is 11.3 Å². The Morgan fingerprint density at radius 1 is 1.23 bits per heavy atom. The summed E-state index contributed by atoms with van der Waals surface area (Å²) in [6.45, 7) is -0.226. The number of hydrazone groups is 1. The third-order valence-electron chi connectivity index (χ3n) is 2.63. The number of benzene rings is 2. The van der Waals surface area contributed by atoms with E-state index in [0.717, 1.165) is 5.56 Å². The lowest BCUT2D eigenvalue weighted by Crippen LogP contribution is -2.24. The molecule has 0 aliphatic carbocycles. The average Bonchev–Trinajstić information content (AvgIpc) is 2.55. The van der Waals surface area contributed by atoms with Crippen LogP contribution in [0.5, 0.6) is 5.75 Å². The highest BCUT2D eigenvalue weighted by molar-refractivity contribution is 5.83. The lowest BCUT2D eigenvalue weighted by atomic mass is 10.2. The summed E-state index contributed by atoms with van der Waals surface area (Å²) in [5, 5.41) is 12.4. The molecular weight excluding hydrogens is 285 g/mol. The van der Waals surface area contributed by atoms with Crippen LogP contribution in [0.2, 0.25) is 0 Å². The fourth-order valence-electron chi connectivity index (χ4n) is 1.53. The summed E-state index contributed by atoms with van der Waals surface area (Å²) in [5.41, 5.74) is 3.61. The minimum atomic E-state index is -0.436. The van der Waals surface area contributed by atoms with Crippen molar-refractivity contribution in [1.82, 2.24) is 5.43 Å². The van der Waals surface area contributed by atoms with E-state index in [9.17, 15) is 9.18 Å². The summed E-state index contributed by atoms with van der Waals surface area (Å²) in [7, 11) is 0. The molecule has 1 amide bonds. The van der Waals surface area contributed by atoms with Gasteiger partial charge in [-0.15, -0.1) is 0 Å². The molecule has 2 rings (SSSR count). The SMILES string of the molecule is N#Cc1ccc(C=NNC(=O)COc2ccc(F)cc2)cc1. The molecular formula is C16H12FN3O2. The Bertz CT molecular complexity index is 704. The number of carbonyl (C=O) groups excluding carboxylic acids is 1. The van der Waals surface area contributed by atoms with E-state index >= 15 is 0 Å². The van der Waals surface area contributed by atoms with Crippen LogP contribution in [0.15, 0.2) is 53.6 Å². The van der Waals surface area contributed by atoms with Crippen LogP contribution in [0.4, 0.5) is 4.39 Å². The van der Waals surface area contributed by atoms with Crippen LogP contribution < -0.4 is 10.2 Å². The van der Waals surface area contributed by atoms with Crippen molar-refractivity contribution in [3.05, 3.63) is 65.5 Å². The van der Waals surface area contributed by atoms with E-state index < -0.39 is 5.91 Å². The van der Waals surface area contributed by atoms with Crippen molar-refractivity contribution in [3.63, 3.8) is 0 Å². The van der Waals surface area contributed by atoms with Gasteiger partial charge >= 0.3 is 0 Å². The Morgan fingerprint density at radius 3 is 2.55 bits per heavy atom. The average molecular weight is 297 g/mol. The van der Waals surface area contributed by atoms with Crippen LogP contribution >= 0.6 is 0 Å². The largest absolute Gasteiger partial charge is 0.484 e. The maximum absolute atomic E-state index is 12.7. The standard InChI is InChI=1S/C16H12FN3O2/c17-14-5-7-15(8-6-14)22-11-16(21)20-19-10-13-3-1-12(9-18)2-4-13/h1-8,10H,11H2,(H,20,21). The van der Waals surface area contributed by atoms with Gasteiger partial charge in [0, 0.05) is 0 Å². The number of rotatable bonds is 5. The van der Waals surface area contributed by atoms with Crippen LogP contribution in [0.1, 0.15) is 11.1 Å². The van der Waals surface area contributed by atoms with Crippen LogP contribution in [-0.4, -0.2) is 18.7 Å². The maximum Gasteiger partial charge on any atom is 0.277 e. The van der Waals surface area contributed by atoms with Crippen molar-refractivity contribution in [2.75, 3.05) is 6.61 Å². The van der Waals surface area contributed by atoms with Crippen molar-refractivity contribution in [2.45, 2.75) is 0 Å². The molecule has 110 valence electrons. The van der Waals surface area contributed by atoms with Gasteiger partial charge in [0.25, 0.3) is 5.91 Å². The first kappa shape index (κ1) is 15.2. The maximum atomic E-state index is 12.7. The Labute approximate surface area is 126 Å². The van der Waals surface area contributed by atoms with Gasteiger partial charge in [-0.3, -0.25) is 4.79 Å². The lowest BCUT2D eigenvalue weighted by molar-refractivity contribution is -0.123. The molecule has 0 aliphatic heterocycles. The van der Waals surface area contributed by atoms with E-state index in [4.69, 9.17) is 10.00 Å². The second-order valence-electron chi connectivity index (χ2n) is 4.27. The van der Waals surface area contributed by atoms with Crippen molar-refractivity contribution in [3.8, 4) is 11.8 Å². The topological polar surface area (TPSA) is 74.5 Å². The number of carbonyl (C=O) groups is 1. The number of hydrogen-bond acceptors (Lipinski definition) is 4. The highest BCUT2D eigenvalue weighted by atomic mass is 19.1. The molecule has 0 spiro atoms. The first-order chi connectivity index (χ1) is 10.7. The normalized spacial score (nSPS) is 10.2. The molecule has 0 aliphatic rings. The van der Waals surface area contributed by atoms with Gasteiger partial charge in [-0.2, -0.15) is 10.4 Å². The van der Waals surface area contributed by atoms with Gasteiger partial charge in [-0.1, -0.05) is 12.1 Å². The van der Waals surface area contributed by atoms with E-state index in [1.807, 2.05) is 6.07 Å². The molecule has 2 aromatic rings. The molecule has 2 aromatic carbocycles. The first-order valence-electron chi connectivity index (χ1n) is 6.38. The van der Waals surface area contributed by atoms with Crippen LogP contribution in [0.25, 0.3) is 0 Å². The fourth-order valence-corrected chi connectivity index (χ4v) is 1.53. The molecule has 0 aromatic heterocycles. The smallest absolute Gasteiger partial charge is 0.277 e. The zero-order valence-electron chi connectivity index (χ0n) is 11.5. The highest BCUT2D eigenvalue weighted by Crippen LogP contribution is 2.10. The molecule has 0 atom stereocenters. The van der Waals surface area contributed by atoms with Gasteiger partial charge in [-0.05, 0) is 42.0 Å². The van der Waals surface area contributed by atoms with E-state index in [1.165, 1.54) is 30.5 Å². The number of hydrogen-bond donors (Lipinski definition) is 1. The van der Waals surface area contributed by atoms with Crippen molar-refractivity contribution < 1.29 is 13.9 Å². The molecule has 0 heterocycles. The van der Waals surface area contributed by atoms with Gasteiger partial charge in [0.15, 0.2) is 6.61 Å².